The molecule has 2 aliphatic heterocycles. The van der Waals surface area contributed by atoms with Crippen molar-refractivity contribution in [1.29, 1.82) is 0 Å². The quantitative estimate of drug-likeness (QED) is 0.410. The number of nitrogens with zero attached hydrogens (tertiary/aromatic N) is 5. The van der Waals surface area contributed by atoms with E-state index in [9.17, 15) is 9.59 Å². The van der Waals surface area contributed by atoms with Gasteiger partial charge in [0.25, 0.3) is 0 Å². The molecule has 0 radical (unpaired) electrons. The third kappa shape index (κ3) is 6.64. The molecule has 3 heterocycles. The van der Waals surface area contributed by atoms with Gasteiger partial charge in [-0.1, -0.05) is 12.1 Å². The minimum atomic E-state index is 0.00372. The SMILES string of the molecule is CN(C)C(=O)CNc1ccc(-c2ccnc(Nc3ccc(N4CCN(C(=O)[C@H]5CCCN5)CC4)cc3)n2)cc1. The van der Waals surface area contributed by atoms with Crippen LogP contribution in [0.2, 0.25) is 0 Å². The molecule has 0 aliphatic carbocycles. The van der Waals surface area contributed by atoms with Crippen molar-refractivity contribution in [3.05, 3.63) is 60.8 Å². The number of benzene rings is 2. The van der Waals surface area contributed by atoms with E-state index in [0.29, 0.717) is 5.95 Å². The normalized spacial score (nSPS) is 17.1. The molecule has 39 heavy (non-hydrogen) atoms. The van der Waals surface area contributed by atoms with E-state index < -0.39 is 0 Å². The number of piperazine rings is 1. The minimum absolute atomic E-state index is 0.00372. The zero-order valence-corrected chi connectivity index (χ0v) is 22.6. The van der Waals surface area contributed by atoms with E-state index >= 15 is 0 Å². The largest absolute Gasteiger partial charge is 0.376 e. The van der Waals surface area contributed by atoms with Gasteiger partial charge in [-0.15, -0.1) is 0 Å². The molecular formula is C29H36N8O2. The summed E-state index contributed by atoms with van der Waals surface area (Å²) in [5.41, 5.74) is 4.69. The van der Waals surface area contributed by atoms with Gasteiger partial charge in [0.15, 0.2) is 0 Å². The van der Waals surface area contributed by atoms with Gasteiger partial charge in [0.2, 0.25) is 17.8 Å². The van der Waals surface area contributed by atoms with Crippen LogP contribution in [0.1, 0.15) is 12.8 Å². The molecule has 204 valence electrons. The Morgan fingerprint density at radius 2 is 1.69 bits per heavy atom. The first-order valence-electron chi connectivity index (χ1n) is 13.5. The van der Waals surface area contributed by atoms with Crippen LogP contribution < -0.4 is 20.9 Å². The maximum atomic E-state index is 12.7. The van der Waals surface area contributed by atoms with Gasteiger partial charge < -0.3 is 30.7 Å². The fourth-order valence-corrected chi connectivity index (χ4v) is 4.86. The highest BCUT2D eigenvalue weighted by atomic mass is 16.2. The number of rotatable bonds is 8. The Labute approximate surface area is 229 Å². The molecule has 0 bridgehead atoms. The van der Waals surface area contributed by atoms with Crippen LogP contribution in [-0.4, -0.2) is 91.0 Å². The van der Waals surface area contributed by atoms with Crippen LogP contribution in [0, 0.1) is 0 Å². The smallest absolute Gasteiger partial charge is 0.241 e. The Morgan fingerprint density at radius 3 is 2.36 bits per heavy atom. The molecule has 0 spiro atoms. The first-order chi connectivity index (χ1) is 19.0. The van der Waals surface area contributed by atoms with Crippen molar-refractivity contribution in [2.75, 3.05) is 68.9 Å². The van der Waals surface area contributed by atoms with Gasteiger partial charge >= 0.3 is 0 Å². The number of hydrogen-bond donors (Lipinski definition) is 3. The summed E-state index contributed by atoms with van der Waals surface area (Å²) in [5, 5.41) is 9.75. The maximum absolute atomic E-state index is 12.7. The summed E-state index contributed by atoms with van der Waals surface area (Å²) in [6, 6.07) is 17.9. The van der Waals surface area contributed by atoms with E-state index in [1.54, 1.807) is 25.2 Å². The van der Waals surface area contributed by atoms with E-state index in [1.165, 1.54) is 0 Å². The third-order valence-corrected chi connectivity index (χ3v) is 7.22. The average Bonchev–Trinajstić information content (AvgIpc) is 3.52. The van der Waals surface area contributed by atoms with E-state index in [0.717, 1.165) is 73.9 Å². The predicted molar refractivity (Wildman–Crippen MR) is 154 cm³/mol. The summed E-state index contributed by atoms with van der Waals surface area (Å²) in [6.07, 6.45) is 3.77. The lowest BCUT2D eigenvalue weighted by Gasteiger charge is -2.37. The molecule has 2 saturated heterocycles. The number of carbonyl (C=O) groups excluding carboxylic acids is 2. The van der Waals surface area contributed by atoms with Crippen molar-refractivity contribution in [2.45, 2.75) is 18.9 Å². The Bertz CT molecular complexity index is 1270. The number of carbonyl (C=O) groups is 2. The highest BCUT2D eigenvalue weighted by molar-refractivity contribution is 5.82. The summed E-state index contributed by atoms with van der Waals surface area (Å²) < 4.78 is 0. The van der Waals surface area contributed by atoms with Crippen LogP contribution in [0.3, 0.4) is 0 Å². The topological polar surface area (TPSA) is 106 Å². The van der Waals surface area contributed by atoms with Crippen LogP contribution in [-0.2, 0) is 9.59 Å². The summed E-state index contributed by atoms with van der Waals surface area (Å²) in [6.45, 7) is 4.36. The Balaban J connectivity index is 1.15. The number of aromatic nitrogens is 2. The van der Waals surface area contributed by atoms with Gasteiger partial charge in [-0.05, 0) is 61.9 Å². The molecule has 1 atom stereocenters. The number of nitrogens with one attached hydrogen (secondary N) is 3. The fourth-order valence-electron chi connectivity index (χ4n) is 4.86. The molecule has 0 unspecified atom stereocenters. The highest BCUT2D eigenvalue weighted by Crippen LogP contribution is 2.24. The van der Waals surface area contributed by atoms with Crippen LogP contribution in [0.15, 0.2) is 60.8 Å². The lowest BCUT2D eigenvalue weighted by atomic mass is 10.1. The molecule has 2 amide bonds. The summed E-state index contributed by atoms with van der Waals surface area (Å²) >= 11 is 0. The standard InChI is InChI=1S/C29H36N8O2/c1-35(2)27(38)20-32-22-7-5-21(6-8-22)25-13-15-31-29(34-25)33-23-9-11-24(12-10-23)36-16-18-37(19-17-36)28(39)26-4-3-14-30-26/h5-13,15,26,30,32H,3-4,14,16-20H2,1-2H3,(H,31,33,34)/t26-/m1/s1. The second-order valence-electron chi connectivity index (χ2n) is 10.1. The summed E-state index contributed by atoms with van der Waals surface area (Å²) in [4.78, 5) is 39.4. The summed E-state index contributed by atoms with van der Waals surface area (Å²) in [7, 11) is 3.48. The maximum Gasteiger partial charge on any atom is 0.241 e. The van der Waals surface area contributed by atoms with Crippen molar-refractivity contribution in [2.24, 2.45) is 0 Å². The third-order valence-electron chi connectivity index (χ3n) is 7.22. The second-order valence-corrected chi connectivity index (χ2v) is 10.1. The lowest BCUT2D eigenvalue weighted by Crippen LogP contribution is -2.53. The molecule has 10 nitrogen and oxygen atoms in total. The van der Waals surface area contributed by atoms with Gasteiger partial charge in [0.05, 0.1) is 18.3 Å². The van der Waals surface area contributed by atoms with Crippen LogP contribution in [0.25, 0.3) is 11.3 Å². The first-order valence-corrected chi connectivity index (χ1v) is 13.5. The number of likely N-dealkylation sites (N-methyl/N-ethyl adjacent to an activating group) is 1. The van der Waals surface area contributed by atoms with Crippen molar-refractivity contribution in [3.63, 3.8) is 0 Å². The number of anilines is 4. The second kappa shape index (κ2) is 12.1. The Hall–Kier alpha value is -4.18. The highest BCUT2D eigenvalue weighted by Gasteiger charge is 2.29. The van der Waals surface area contributed by atoms with E-state index in [1.807, 2.05) is 47.4 Å². The van der Waals surface area contributed by atoms with Crippen LogP contribution >= 0.6 is 0 Å². The zero-order chi connectivity index (χ0) is 27.2. The van der Waals surface area contributed by atoms with Crippen molar-refractivity contribution in [1.82, 2.24) is 25.1 Å². The number of hydrogen-bond acceptors (Lipinski definition) is 8. The predicted octanol–water partition coefficient (Wildman–Crippen LogP) is 2.79. The molecule has 10 heteroatoms. The molecule has 3 N–H and O–H groups in total. The molecule has 2 aliphatic rings. The molecule has 5 rings (SSSR count). The van der Waals surface area contributed by atoms with Crippen molar-refractivity contribution < 1.29 is 9.59 Å². The minimum Gasteiger partial charge on any atom is -0.376 e. The van der Waals surface area contributed by atoms with Gasteiger partial charge in [0.1, 0.15) is 0 Å². The number of amides is 2. The van der Waals surface area contributed by atoms with Gasteiger partial charge in [-0.25, -0.2) is 9.97 Å². The summed E-state index contributed by atoms with van der Waals surface area (Å²) in [5.74, 6) is 0.787. The molecule has 1 aromatic heterocycles. The van der Waals surface area contributed by atoms with Crippen LogP contribution in [0.4, 0.5) is 23.0 Å². The monoisotopic (exact) mass is 528 g/mol. The van der Waals surface area contributed by atoms with Crippen LogP contribution in [0.5, 0.6) is 0 Å². The first kappa shape index (κ1) is 26.4. The molecular weight excluding hydrogens is 492 g/mol. The van der Waals surface area contributed by atoms with E-state index in [-0.39, 0.29) is 24.4 Å². The van der Waals surface area contributed by atoms with Crippen molar-refractivity contribution in [3.8, 4) is 11.3 Å². The Kier molecular flexibility index (Phi) is 8.21. The van der Waals surface area contributed by atoms with E-state index in [2.05, 4.69) is 43.0 Å². The lowest BCUT2D eigenvalue weighted by molar-refractivity contribution is -0.133. The van der Waals surface area contributed by atoms with Crippen molar-refractivity contribution >= 4 is 34.8 Å². The van der Waals surface area contributed by atoms with Gasteiger partial charge in [-0.3, -0.25) is 9.59 Å². The van der Waals surface area contributed by atoms with Gasteiger partial charge in [-0.2, -0.15) is 0 Å². The van der Waals surface area contributed by atoms with E-state index in [4.69, 9.17) is 0 Å². The Morgan fingerprint density at radius 1 is 0.974 bits per heavy atom. The zero-order valence-electron chi connectivity index (χ0n) is 22.6. The molecule has 3 aromatic rings. The molecule has 2 aromatic carbocycles. The molecule has 0 saturated carbocycles. The molecule has 2 fully saturated rings. The fraction of sp³-hybridized carbons (Fsp3) is 0.379. The average molecular weight is 529 g/mol. The van der Waals surface area contributed by atoms with Gasteiger partial charge in [0, 0.05) is 69.1 Å².